The molecule has 1 heterocycles. The van der Waals surface area contributed by atoms with Crippen molar-refractivity contribution in [2.45, 2.75) is 11.3 Å². The van der Waals surface area contributed by atoms with Crippen LogP contribution in [0.15, 0.2) is 71.6 Å². The molecule has 4 rings (SSSR count). The van der Waals surface area contributed by atoms with E-state index in [-0.39, 0.29) is 4.90 Å². The van der Waals surface area contributed by atoms with Gasteiger partial charge in [-0.1, -0.05) is 47.5 Å². The van der Waals surface area contributed by atoms with E-state index in [1.54, 1.807) is 42.5 Å². The Kier molecular flexibility index (Phi) is 5.88. The van der Waals surface area contributed by atoms with Crippen LogP contribution in [0, 0.1) is 0 Å². The molecule has 154 valence electrons. The Morgan fingerprint density at radius 2 is 1.67 bits per heavy atom. The van der Waals surface area contributed by atoms with Crippen LogP contribution in [0.2, 0.25) is 10.0 Å². The van der Waals surface area contributed by atoms with Gasteiger partial charge < -0.3 is 10.6 Å². The highest BCUT2D eigenvalue weighted by Gasteiger charge is 2.30. The van der Waals surface area contributed by atoms with E-state index in [2.05, 4.69) is 10.6 Å². The van der Waals surface area contributed by atoms with E-state index < -0.39 is 10.0 Å². The SMILES string of the molecule is O=S(=O)(c1ccc(NC(=S)Nc2cccc(Cl)c2Cl)cc1)N1CCc2ccccc21. The number of sulfonamides is 1. The summed E-state index contributed by atoms with van der Waals surface area (Å²) in [6.07, 6.45) is 0.709. The Balaban J connectivity index is 1.48. The molecule has 0 unspecified atom stereocenters. The second-order valence-corrected chi connectivity index (χ2v) is 9.72. The largest absolute Gasteiger partial charge is 0.332 e. The average Bonchev–Trinajstić information content (AvgIpc) is 3.17. The molecule has 0 spiro atoms. The molecule has 0 bridgehead atoms. The van der Waals surface area contributed by atoms with E-state index >= 15 is 0 Å². The van der Waals surface area contributed by atoms with E-state index in [9.17, 15) is 8.42 Å². The molecule has 0 fully saturated rings. The Hall–Kier alpha value is -2.32. The number of benzene rings is 3. The minimum absolute atomic E-state index is 0.224. The van der Waals surface area contributed by atoms with Gasteiger partial charge in [-0.15, -0.1) is 0 Å². The number of hydrogen-bond acceptors (Lipinski definition) is 3. The zero-order chi connectivity index (χ0) is 21.3. The highest BCUT2D eigenvalue weighted by Crippen LogP contribution is 2.33. The average molecular weight is 478 g/mol. The quantitative estimate of drug-likeness (QED) is 0.482. The number of para-hydroxylation sites is 1. The second kappa shape index (κ2) is 8.43. The van der Waals surface area contributed by atoms with Crippen molar-refractivity contribution >= 4 is 67.6 Å². The van der Waals surface area contributed by atoms with E-state index in [1.165, 1.54) is 4.31 Å². The van der Waals surface area contributed by atoms with Crippen molar-refractivity contribution in [1.29, 1.82) is 0 Å². The number of hydrogen-bond donors (Lipinski definition) is 2. The predicted octanol–water partition coefficient (Wildman–Crippen LogP) is 5.55. The third kappa shape index (κ3) is 4.11. The van der Waals surface area contributed by atoms with Crippen molar-refractivity contribution in [1.82, 2.24) is 0 Å². The van der Waals surface area contributed by atoms with Gasteiger partial charge in [0, 0.05) is 12.2 Å². The minimum atomic E-state index is -3.63. The van der Waals surface area contributed by atoms with Gasteiger partial charge in [0.05, 0.1) is 26.3 Å². The van der Waals surface area contributed by atoms with Gasteiger partial charge in [0.1, 0.15) is 0 Å². The standard InChI is InChI=1S/C21H17Cl2N3O2S2/c22-17-5-3-6-18(20(17)23)25-21(29)24-15-8-10-16(11-9-15)30(27,28)26-13-12-14-4-1-2-7-19(14)26/h1-11H,12-13H2,(H2,24,25,29). The number of halogens is 2. The number of thiocarbonyl (C=S) groups is 1. The smallest absolute Gasteiger partial charge is 0.264 e. The van der Waals surface area contributed by atoms with E-state index in [0.29, 0.717) is 39.5 Å². The summed E-state index contributed by atoms with van der Waals surface area (Å²) in [6.45, 7) is 0.441. The monoisotopic (exact) mass is 477 g/mol. The molecule has 0 saturated carbocycles. The lowest BCUT2D eigenvalue weighted by atomic mass is 10.2. The molecule has 9 heteroatoms. The Bertz CT molecular complexity index is 1220. The molecule has 0 aromatic heterocycles. The number of fused-ring (bicyclic) bond motifs is 1. The zero-order valence-electron chi connectivity index (χ0n) is 15.6. The summed E-state index contributed by atoms with van der Waals surface area (Å²) in [4.78, 5) is 0.224. The normalized spacial score (nSPS) is 13.1. The first-order chi connectivity index (χ1) is 14.4. The fourth-order valence-electron chi connectivity index (χ4n) is 3.28. The lowest BCUT2D eigenvalue weighted by Gasteiger charge is -2.20. The van der Waals surface area contributed by atoms with Gasteiger partial charge in [-0.2, -0.15) is 0 Å². The molecular weight excluding hydrogens is 461 g/mol. The van der Waals surface area contributed by atoms with E-state index in [1.807, 2.05) is 24.3 Å². The van der Waals surface area contributed by atoms with Crippen LogP contribution in [0.1, 0.15) is 5.56 Å². The molecule has 0 aliphatic carbocycles. The van der Waals surface area contributed by atoms with Gasteiger partial charge in [0.25, 0.3) is 10.0 Å². The van der Waals surface area contributed by atoms with Crippen LogP contribution in [0.5, 0.6) is 0 Å². The third-order valence-corrected chi connectivity index (χ3v) is 7.59. The first-order valence-corrected chi connectivity index (χ1v) is 11.7. The molecule has 3 aromatic rings. The van der Waals surface area contributed by atoms with Gasteiger partial charge in [-0.3, -0.25) is 4.31 Å². The summed E-state index contributed by atoms with van der Waals surface area (Å²) < 4.78 is 27.6. The van der Waals surface area contributed by atoms with Crippen LogP contribution in [0.4, 0.5) is 17.1 Å². The predicted molar refractivity (Wildman–Crippen MR) is 127 cm³/mol. The van der Waals surface area contributed by atoms with Crippen molar-refractivity contribution in [2.24, 2.45) is 0 Å². The Labute approximate surface area is 190 Å². The molecule has 3 aromatic carbocycles. The van der Waals surface area contributed by atoms with Crippen molar-refractivity contribution in [3.63, 3.8) is 0 Å². The Morgan fingerprint density at radius 1 is 0.933 bits per heavy atom. The van der Waals surface area contributed by atoms with Gasteiger partial charge in [-0.05, 0) is 66.7 Å². The fourth-order valence-corrected chi connectivity index (χ4v) is 5.36. The molecule has 5 nitrogen and oxygen atoms in total. The van der Waals surface area contributed by atoms with Crippen LogP contribution in [0.25, 0.3) is 0 Å². The number of anilines is 3. The zero-order valence-corrected chi connectivity index (χ0v) is 18.7. The van der Waals surface area contributed by atoms with Crippen molar-refractivity contribution in [3.8, 4) is 0 Å². The van der Waals surface area contributed by atoms with Crippen molar-refractivity contribution in [2.75, 3.05) is 21.5 Å². The van der Waals surface area contributed by atoms with Crippen LogP contribution in [-0.4, -0.2) is 20.1 Å². The summed E-state index contributed by atoms with van der Waals surface area (Å²) in [5.74, 6) is 0. The number of rotatable bonds is 4. The first-order valence-electron chi connectivity index (χ1n) is 9.09. The van der Waals surface area contributed by atoms with Crippen LogP contribution < -0.4 is 14.9 Å². The molecule has 0 atom stereocenters. The molecule has 30 heavy (non-hydrogen) atoms. The number of nitrogens with zero attached hydrogens (tertiary/aromatic N) is 1. The molecular formula is C21H17Cl2N3O2S2. The van der Waals surface area contributed by atoms with Crippen LogP contribution in [-0.2, 0) is 16.4 Å². The van der Waals surface area contributed by atoms with Gasteiger partial charge in [-0.25, -0.2) is 8.42 Å². The second-order valence-electron chi connectivity index (χ2n) is 6.66. The van der Waals surface area contributed by atoms with Gasteiger partial charge >= 0.3 is 0 Å². The molecule has 0 amide bonds. The van der Waals surface area contributed by atoms with E-state index in [4.69, 9.17) is 35.4 Å². The van der Waals surface area contributed by atoms with E-state index in [0.717, 1.165) is 11.3 Å². The van der Waals surface area contributed by atoms with Gasteiger partial charge in [0.15, 0.2) is 5.11 Å². The van der Waals surface area contributed by atoms with Gasteiger partial charge in [0.2, 0.25) is 0 Å². The lowest BCUT2D eigenvalue weighted by molar-refractivity contribution is 0.592. The fraction of sp³-hybridized carbons (Fsp3) is 0.0952. The van der Waals surface area contributed by atoms with Crippen LogP contribution in [0.3, 0.4) is 0 Å². The summed E-state index contributed by atoms with van der Waals surface area (Å²) in [7, 11) is -3.63. The maximum atomic E-state index is 13.1. The maximum absolute atomic E-state index is 13.1. The van der Waals surface area contributed by atoms with Crippen molar-refractivity contribution in [3.05, 3.63) is 82.3 Å². The topological polar surface area (TPSA) is 61.4 Å². The molecule has 0 radical (unpaired) electrons. The van der Waals surface area contributed by atoms with Crippen LogP contribution >= 0.6 is 35.4 Å². The van der Waals surface area contributed by atoms with Crippen molar-refractivity contribution < 1.29 is 8.42 Å². The first kappa shape index (κ1) is 20.9. The highest BCUT2D eigenvalue weighted by atomic mass is 35.5. The Morgan fingerprint density at radius 3 is 2.43 bits per heavy atom. The molecule has 1 aliphatic rings. The summed E-state index contributed by atoms with van der Waals surface area (Å²) in [5.41, 5.74) is 3.00. The summed E-state index contributed by atoms with van der Waals surface area (Å²) in [5, 5.41) is 7.09. The lowest BCUT2D eigenvalue weighted by Crippen LogP contribution is -2.29. The molecule has 1 aliphatic heterocycles. The minimum Gasteiger partial charge on any atom is -0.332 e. The molecule has 2 N–H and O–H groups in total. The third-order valence-electron chi connectivity index (χ3n) is 4.74. The summed E-state index contributed by atoms with van der Waals surface area (Å²) >= 11 is 17.5. The highest BCUT2D eigenvalue weighted by molar-refractivity contribution is 7.92. The maximum Gasteiger partial charge on any atom is 0.264 e. The molecule has 0 saturated heterocycles. The number of nitrogens with one attached hydrogen (secondary N) is 2. The summed E-state index contributed by atoms with van der Waals surface area (Å²) in [6, 6.07) is 19.2.